The first-order valence-electron chi connectivity index (χ1n) is 8.51. The molecule has 0 saturated carbocycles. The first-order valence-corrected chi connectivity index (χ1v) is 8.51. The molecule has 5 nitrogen and oxygen atoms in total. The van der Waals surface area contributed by atoms with Gasteiger partial charge in [-0.1, -0.05) is 0 Å². The Bertz CT molecular complexity index is 948. The number of nitrogens with zero attached hydrogens (tertiary/aromatic N) is 4. The van der Waals surface area contributed by atoms with E-state index in [0.717, 1.165) is 48.7 Å². The lowest BCUT2D eigenvalue weighted by Gasteiger charge is -2.39. The van der Waals surface area contributed by atoms with Gasteiger partial charge in [0.25, 0.3) is 0 Å². The van der Waals surface area contributed by atoms with Crippen molar-refractivity contribution in [2.75, 3.05) is 11.4 Å². The number of nitrogens with one attached hydrogen (secondary N) is 1. The zero-order valence-electron chi connectivity index (χ0n) is 13.5. The third-order valence-electron chi connectivity index (χ3n) is 5.17. The molecule has 3 aromatic rings. The summed E-state index contributed by atoms with van der Waals surface area (Å²) in [7, 11) is 0. The lowest BCUT2D eigenvalue weighted by molar-refractivity contribution is 0.470. The fraction of sp³-hybridized carbons (Fsp3) is 0.389. The molecular weight excluding hydrogens is 305 g/mol. The summed E-state index contributed by atoms with van der Waals surface area (Å²) in [5, 5.41) is 0. The number of H-pyrrole nitrogens is 1. The lowest BCUT2D eigenvalue weighted by Crippen LogP contribution is -2.46. The Morgan fingerprint density at radius 2 is 2.12 bits per heavy atom. The average molecular weight is 323 g/mol. The maximum Gasteiger partial charge on any atom is 0.226 e. The summed E-state index contributed by atoms with van der Waals surface area (Å²) in [6, 6.07) is 5.11. The molecular formula is C18H18FN5. The van der Waals surface area contributed by atoms with Crippen molar-refractivity contribution in [3.05, 3.63) is 35.3 Å². The van der Waals surface area contributed by atoms with Crippen molar-refractivity contribution < 1.29 is 4.39 Å². The highest BCUT2D eigenvalue weighted by Crippen LogP contribution is 2.33. The van der Waals surface area contributed by atoms with Gasteiger partial charge in [-0.2, -0.15) is 0 Å². The van der Waals surface area contributed by atoms with Gasteiger partial charge in [0.05, 0.1) is 11.0 Å². The largest absolute Gasteiger partial charge is 0.338 e. The smallest absolute Gasteiger partial charge is 0.226 e. The molecule has 2 aromatic heterocycles. The Morgan fingerprint density at radius 3 is 2.92 bits per heavy atom. The molecule has 0 unspecified atom stereocenters. The SMILES string of the molecule is C[C@H]1CCN1c1nc2c(c(-c3nc4cc(F)ccc4[nH]3)n1)CCC2. The first kappa shape index (κ1) is 13.9. The van der Waals surface area contributed by atoms with Crippen LogP contribution in [-0.2, 0) is 12.8 Å². The Labute approximate surface area is 139 Å². The van der Waals surface area contributed by atoms with E-state index in [4.69, 9.17) is 9.97 Å². The Morgan fingerprint density at radius 1 is 1.21 bits per heavy atom. The number of fused-ring (bicyclic) bond motifs is 2. The van der Waals surface area contributed by atoms with E-state index >= 15 is 0 Å². The third-order valence-corrected chi connectivity index (χ3v) is 5.17. The van der Waals surface area contributed by atoms with E-state index in [-0.39, 0.29) is 5.82 Å². The molecule has 24 heavy (non-hydrogen) atoms. The van der Waals surface area contributed by atoms with Crippen molar-refractivity contribution in [3.8, 4) is 11.5 Å². The Hall–Kier alpha value is -2.50. The second-order valence-electron chi connectivity index (χ2n) is 6.73. The first-order chi connectivity index (χ1) is 11.7. The lowest BCUT2D eigenvalue weighted by atomic mass is 10.1. The zero-order valence-corrected chi connectivity index (χ0v) is 13.5. The van der Waals surface area contributed by atoms with Gasteiger partial charge in [-0.25, -0.2) is 19.3 Å². The highest BCUT2D eigenvalue weighted by molar-refractivity contribution is 5.79. The number of hydrogen-bond donors (Lipinski definition) is 1. The van der Waals surface area contributed by atoms with Crippen LogP contribution in [0.2, 0.25) is 0 Å². The standard InChI is InChI=1S/C18H18FN5/c1-10-7-8-24(10)18-22-13-4-2-3-12(13)16(23-18)17-20-14-6-5-11(19)9-15(14)21-17/h5-6,9-10H,2-4,7-8H2,1H3,(H,20,21)/t10-/m0/s1. The van der Waals surface area contributed by atoms with Crippen molar-refractivity contribution in [3.63, 3.8) is 0 Å². The molecule has 5 rings (SSSR count). The van der Waals surface area contributed by atoms with Crippen LogP contribution in [0.1, 0.15) is 31.0 Å². The third kappa shape index (κ3) is 2.02. The quantitative estimate of drug-likeness (QED) is 0.786. The van der Waals surface area contributed by atoms with Crippen LogP contribution >= 0.6 is 0 Å². The minimum Gasteiger partial charge on any atom is -0.338 e. The second kappa shape index (κ2) is 5.00. The van der Waals surface area contributed by atoms with Crippen LogP contribution in [-0.4, -0.2) is 32.5 Å². The number of halogens is 1. The highest BCUT2D eigenvalue weighted by Gasteiger charge is 2.29. The van der Waals surface area contributed by atoms with Gasteiger partial charge in [-0.05, 0) is 44.7 Å². The van der Waals surface area contributed by atoms with Crippen molar-refractivity contribution in [2.24, 2.45) is 0 Å². The fourth-order valence-electron chi connectivity index (χ4n) is 3.65. The molecule has 1 aliphatic carbocycles. The zero-order chi connectivity index (χ0) is 16.3. The number of rotatable bonds is 2. The van der Waals surface area contributed by atoms with Gasteiger partial charge >= 0.3 is 0 Å². The summed E-state index contributed by atoms with van der Waals surface area (Å²) in [6.07, 6.45) is 4.26. The molecule has 0 radical (unpaired) electrons. The van der Waals surface area contributed by atoms with Crippen LogP contribution in [0.3, 0.4) is 0 Å². The summed E-state index contributed by atoms with van der Waals surface area (Å²) in [5.74, 6) is 1.24. The van der Waals surface area contributed by atoms with E-state index in [1.807, 2.05) is 0 Å². The Balaban J connectivity index is 1.68. The van der Waals surface area contributed by atoms with E-state index in [9.17, 15) is 4.39 Å². The summed E-state index contributed by atoms with van der Waals surface area (Å²) in [4.78, 5) is 19.7. The van der Waals surface area contributed by atoms with Crippen LogP contribution in [0, 0.1) is 5.82 Å². The molecule has 122 valence electrons. The molecule has 1 aromatic carbocycles. The van der Waals surface area contributed by atoms with Crippen LogP contribution in [0.5, 0.6) is 0 Å². The van der Waals surface area contributed by atoms with Gasteiger partial charge in [0.15, 0.2) is 5.82 Å². The molecule has 2 aliphatic rings. The van der Waals surface area contributed by atoms with Gasteiger partial charge in [-0.15, -0.1) is 0 Å². The maximum absolute atomic E-state index is 13.4. The van der Waals surface area contributed by atoms with Gasteiger partial charge in [-0.3, -0.25) is 0 Å². The number of hydrogen-bond acceptors (Lipinski definition) is 4. The molecule has 1 aliphatic heterocycles. The topological polar surface area (TPSA) is 57.7 Å². The molecule has 1 saturated heterocycles. The maximum atomic E-state index is 13.4. The van der Waals surface area contributed by atoms with E-state index in [0.29, 0.717) is 17.4 Å². The minimum atomic E-state index is -0.274. The fourth-order valence-corrected chi connectivity index (χ4v) is 3.65. The molecule has 1 atom stereocenters. The number of anilines is 1. The summed E-state index contributed by atoms with van der Waals surface area (Å²) < 4.78 is 13.4. The number of aryl methyl sites for hydroxylation is 1. The second-order valence-corrected chi connectivity index (χ2v) is 6.73. The molecule has 1 N–H and O–H groups in total. The van der Waals surface area contributed by atoms with Crippen LogP contribution in [0.4, 0.5) is 10.3 Å². The van der Waals surface area contributed by atoms with E-state index in [2.05, 4.69) is 21.8 Å². The molecule has 0 bridgehead atoms. The van der Waals surface area contributed by atoms with E-state index in [1.54, 1.807) is 6.07 Å². The number of aromatic nitrogens is 4. The molecule has 6 heteroatoms. The monoisotopic (exact) mass is 323 g/mol. The summed E-state index contributed by atoms with van der Waals surface area (Å²) >= 11 is 0. The summed E-state index contributed by atoms with van der Waals surface area (Å²) in [5.41, 5.74) is 4.67. The number of imidazole rings is 1. The van der Waals surface area contributed by atoms with Gasteiger partial charge in [0, 0.05) is 29.9 Å². The number of benzene rings is 1. The predicted octanol–water partition coefficient (Wildman–Crippen LogP) is 3.25. The average Bonchev–Trinajstić information content (AvgIpc) is 3.18. The highest BCUT2D eigenvalue weighted by atomic mass is 19.1. The van der Waals surface area contributed by atoms with E-state index in [1.165, 1.54) is 24.1 Å². The van der Waals surface area contributed by atoms with Crippen molar-refractivity contribution in [1.29, 1.82) is 0 Å². The molecule has 3 heterocycles. The van der Waals surface area contributed by atoms with Crippen LogP contribution in [0.25, 0.3) is 22.6 Å². The number of aromatic amines is 1. The summed E-state index contributed by atoms with van der Waals surface area (Å²) in [6.45, 7) is 3.20. The minimum absolute atomic E-state index is 0.274. The molecule has 0 amide bonds. The van der Waals surface area contributed by atoms with Crippen molar-refractivity contribution in [1.82, 2.24) is 19.9 Å². The van der Waals surface area contributed by atoms with E-state index < -0.39 is 0 Å². The molecule has 1 fully saturated rings. The molecule has 0 spiro atoms. The Kier molecular flexibility index (Phi) is 2.89. The van der Waals surface area contributed by atoms with Crippen LogP contribution < -0.4 is 4.90 Å². The van der Waals surface area contributed by atoms with Crippen molar-refractivity contribution >= 4 is 17.0 Å². The van der Waals surface area contributed by atoms with Gasteiger partial charge < -0.3 is 9.88 Å². The van der Waals surface area contributed by atoms with Gasteiger partial charge in [0.2, 0.25) is 5.95 Å². The van der Waals surface area contributed by atoms with Gasteiger partial charge in [0.1, 0.15) is 11.5 Å². The van der Waals surface area contributed by atoms with Crippen molar-refractivity contribution in [2.45, 2.75) is 38.6 Å². The predicted molar refractivity (Wildman–Crippen MR) is 90.5 cm³/mol. The van der Waals surface area contributed by atoms with Crippen LogP contribution in [0.15, 0.2) is 18.2 Å². The normalized spacial score (nSPS) is 19.6.